The van der Waals surface area contributed by atoms with Crippen molar-refractivity contribution in [1.82, 2.24) is 9.97 Å². The molecule has 2 aromatic rings. The number of hydrogen-bond donors (Lipinski definition) is 1. The summed E-state index contributed by atoms with van der Waals surface area (Å²) in [7, 11) is 0. The third-order valence-electron chi connectivity index (χ3n) is 2.62. The minimum absolute atomic E-state index is 0. The van der Waals surface area contributed by atoms with E-state index in [4.69, 9.17) is 0 Å². The molecule has 4 heteroatoms. The highest BCUT2D eigenvalue weighted by atomic mass is 35.5. The average Bonchev–Trinajstić information content (AvgIpc) is 2.35. The number of nitrogens with one attached hydrogen (secondary N) is 1. The molecule has 2 rings (SSSR count). The zero-order chi connectivity index (χ0) is 11.2. The van der Waals surface area contributed by atoms with Gasteiger partial charge in [-0.15, -0.1) is 12.4 Å². The fraction of sp³-hybridized carbons (Fsp3) is 0.385. The minimum Gasteiger partial charge on any atom is -0.369 e. The van der Waals surface area contributed by atoms with E-state index < -0.39 is 0 Å². The van der Waals surface area contributed by atoms with Crippen LogP contribution in [0.4, 0.5) is 5.82 Å². The summed E-state index contributed by atoms with van der Waals surface area (Å²) in [5.41, 5.74) is 0.996. The fourth-order valence-electron chi connectivity index (χ4n) is 1.73. The van der Waals surface area contributed by atoms with Crippen LogP contribution in [0.1, 0.15) is 26.2 Å². The van der Waals surface area contributed by atoms with Crippen molar-refractivity contribution < 1.29 is 0 Å². The number of benzene rings is 1. The summed E-state index contributed by atoms with van der Waals surface area (Å²) in [6, 6.07) is 8.07. The van der Waals surface area contributed by atoms with Crippen molar-refractivity contribution >= 4 is 29.1 Å². The molecule has 0 amide bonds. The lowest BCUT2D eigenvalue weighted by atomic mass is 10.2. The van der Waals surface area contributed by atoms with E-state index in [9.17, 15) is 0 Å². The number of halogens is 1. The van der Waals surface area contributed by atoms with Crippen LogP contribution in [-0.4, -0.2) is 16.5 Å². The lowest BCUT2D eigenvalue weighted by Gasteiger charge is -2.07. The number of para-hydroxylation sites is 1. The van der Waals surface area contributed by atoms with Crippen molar-refractivity contribution in [3.8, 4) is 0 Å². The van der Waals surface area contributed by atoms with Gasteiger partial charge in [-0.3, -0.25) is 0 Å². The Hall–Kier alpha value is -1.35. The minimum atomic E-state index is 0. The van der Waals surface area contributed by atoms with Gasteiger partial charge >= 0.3 is 0 Å². The van der Waals surface area contributed by atoms with Crippen molar-refractivity contribution in [3.05, 3.63) is 30.6 Å². The molecule has 0 bridgehead atoms. The van der Waals surface area contributed by atoms with Gasteiger partial charge in [0.05, 0.1) is 5.52 Å². The Labute approximate surface area is 108 Å². The van der Waals surface area contributed by atoms with Gasteiger partial charge in [-0.25, -0.2) is 9.97 Å². The maximum Gasteiger partial charge on any atom is 0.137 e. The van der Waals surface area contributed by atoms with E-state index in [0.29, 0.717) is 0 Å². The molecule has 1 N–H and O–H groups in total. The van der Waals surface area contributed by atoms with Crippen molar-refractivity contribution in [1.29, 1.82) is 0 Å². The molecule has 17 heavy (non-hydrogen) atoms. The first-order valence-corrected chi connectivity index (χ1v) is 5.85. The van der Waals surface area contributed by atoms with Crippen molar-refractivity contribution in [2.24, 2.45) is 0 Å². The SMILES string of the molecule is CCCCCNc1ncnc2ccccc12.Cl. The van der Waals surface area contributed by atoms with E-state index in [2.05, 4.69) is 28.3 Å². The second-order valence-electron chi connectivity index (χ2n) is 3.87. The molecule has 0 aliphatic heterocycles. The smallest absolute Gasteiger partial charge is 0.137 e. The Morgan fingerprint density at radius 2 is 1.94 bits per heavy atom. The number of fused-ring (bicyclic) bond motifs is 1. The molecule has 3 nitrogen and oxygen atoms in total. The molecule has 0 fully saturated rings. The van der Waals surface area contributed by atoms with Gasteiger partial charge in [0.2, 0.25) is 0 Å². The van der Waals surface area contributed by atoms with E-state index in [1.54, 1.807) is 6.33 Å². The number of nitrogens with zero attached hydrogens (tertiary/aromatic N) is 2. The van der Waals surface area contributed by atoms with Crippen LogP contribution in [0.3, 0.4) is 0 Å². The van der Waals surface area contributed by atoms with E-state index in [0.717, 1.165) is 23.3 Å². The summed E-state index contributed by atoms with van der Waals surface area (Å²) in [6.45, 7) is 3.19. The quantitative estimate of drug-likeness (QED) is 0.825. The van der Waals surface area contributed by atoms with Gasteiger partial charge in [0, 0.05) is 11.9 Å². The van der Waals surface area contributed by atoms with Crippen molar-refractivity contribution in [3.63, 3.8) is 0 Å². The molecule has 0 saturated heterocycles. The predicted molar refractivity (Wildman–Crippen MR) is 74.8 cm³/mol. The number of hydrogen-bond acceptors (Lipinski definition) is 3. The fourth-order valence-corrected chi connectivity index (χ4v) is 1.73. The summed E-state index contributed by atoms with van der Waals surface area (Å²) in [5.74, 6) is 0.946. The molecular weight excluding hydrogens is 234 g/mol. The van der Waals surface area contributed by atoms with Gasteiger partial charge in [-0.05, 0) is 18.6 Å². The van der Waals surface area contributed by atoms with E-state index in [1.165, 1.54) is 19.3 Å². The van der Waals surface area contributed by atoms with Gasteiger partial charge in [-0.1, -0.05) is 31.9 Å². The molecule has 0 spiro atoms. The largest absolute Gasteiger partial charge is 0.369 e. The van der Waals surface area contributed by atoms with Crippen molar-refractivity contribution in [2.45, 2.75) is 26.2 Å². The Kier molecular flexibility index (Phi) is 5.70. The first-order valence-electron chi connectivity index (χ1n) is 5.85. The molecule has 0 aliphatic rings. The summed E-state index contributed by atoms with van der Waals surface area (Å²) in [5, 5.41) is 4.47. The van der Waals surface area contributed by atoms with Crippen LogP contribution in [-0.2, 0) is 0 Å². The molecule has 0 atom stereocenters. The second-order valence-corrected chi connectivity index (χ2v) is 3.87. The zero-order valence-electron chi connectivity index (χ0n) is 10.0. The van der Waals surface area contributed by atoms with Crippen molar-refractivity contribution in [2.75, 3.05) is 11.9 Å². The van der Waals surface area contributed by atoms with E-state index in [-0.39, 0.29) is 12.4 Å². The van der Waals surface area contributed by atoms with E-state index >= 15 is 0 Å². The summed E-state index contributed by atoms with van der Waals surface area (Å²) < 4.78 is 0. The van der Waals surface area contributed by atoms with Crippen LogP contribution >= 0.6 is 12.4 Å². The van der Waals surface area contributed by atoms with Crippen LogP contribution < -0.4 is 5.32 Å². The molecule has 1 aromatic heterocycles. The Bertz CT molecular complexity index is 454. The van der Waals surface area contributed by atoms with Crippen LogP contribution in [0, 0.1) is 0 Å². The number of aromatic nitrogens is 2. The number of anilines is 1. The summed E-state index contributed by atoms with van der Waals surface area (Å²) >= 11 is 0. The van der Waals surface area contributed by atoms with Crippen LogP contribution in [0.5, 0.6) is 0 Å². The summed E-state index contributed by atoms with van der Waals surface area (Å²) in [6.07, 6.45) is 5.31. The lowest BCUT2D eigenvalue weighted by Crippen LogP contribution is -2.04. The normalized spacial score (nSPS) is 9.94. The molecule has 0 radical (unpaired) electrons. The predicted octanol–water partition coefficient (Wildman–Crippen LogP) is 3.65. The highest BCUT2D eigenvalue weighted by Gasteiger charge is 2.00. The topological polar surface area (TPSA) is 37.8 Å². The lowest BCUT2D eigenvalue weighted by molar-refractivity contribution is 0.742. The van der Waals surface area contributed by atoms with Crippen LogP contribution in [0.25, 0.3) is 10.9 Å². The van der Waals surface area contributed by atoms with Gasteiger partial charge < -0.3 is 5.32 Å². The third kappa shape index (κ3) is 3.56. The maximum atomic E-state index is 4.28. The zero-order valence-corrected chi connectivity index (χ0v) is 10.8. The first-order chi connectivity index (χ1) is 7.92. The average molecular weight is 252 g/mol. The standard InChI is InChI=1S/C13H17N3.ClH/c1-2-3-6-9-14-13-11-7-4-5-8-12(11)15-10-16-13;/h4-5,7-8,10H,2-3,6,9H2,1H3,(H,14,15,16);1H. The van der Waals surface area contributed by atoms with Crippen LogP contribution in [0.2, 0.25) is 0 Å². The van der Waals surface area contributed by atoms with E-state index in [1.807, 2.05) is 18.2 Å². The number of rotatable bonds is 5. The number of unbranched alkanes of at least 4 members (excludes halogenated alkanes) is 2. The van der Waals surface area contributed by atoms with Gasteiger partial charge in [0.25, 0.3) is 0 Å². The molecule has 1 heterocycles. The molecule has 0 saturated carbocycles. The summed E-state index contributed by atoms with van der Waals surface area (Å²) in [4.78, 5) is 8.52. The molecule has 0 aliphatic carbocycles. The van der Waals surface area contributed by atoms with Gasteiger partial charge in [0.1, 0.15) is 12.1 Å². The maximum absolute atomic E-state index is 4.28. The highest BCUT2D eigenvalue weighted by Crippen LogP contribution is 2.18. The second kappa shape index (κ2) is 7.07. The first kappa shape index (κ1) is 13.7. The monoisotopic (exact) mass is 251 g/mol. The molecular formula is C13H18ClN3. The molecule has 92 valence electrons. The Morgan fingerprint density at radius 3 is 2.76 bits per heavy atom. The van der Waals surface area contributed by atoms with Gasteiger partial charge in [-0.2, -0.15) is 0 Å². The molecule has 1 aromatic carbocycles. The molecule has 0 unspecified atom stereocenters. The van der Waals surface area contributed by atoms with Crippen LogP contribution in [0.15, 0.2) is 30.6 Å². The Balaban J connectivity index is 0.00000144. The third-order valence-corrected chi connectivity index (χ3v) is 2.62. The highest BCUT2D eigenvalue weighted by molar-refractivity contribution is 5.88. The Morgan fingerprint density at radius 1 is 1.12 bits per heavy atom. The van der Waals surface area contributed by atoms with Gasteiger partial charge in [0.15, 0.2) is 0 Å².